The number of rotatable bonds is 8. The topological polar surface area (TPSA) is 43.0 Å². The van der Waals surface area contributed by atoms with E-state index in [1.807, 2.05) is 0 Å². The van der Waals surface area contributed by atoms with Crippen molar-refractivity contribution in [2.24, 2.45) is 11.7 Å². The first-order valence-electron chi connectivity index (χ1n) is 13.6. The van der Waals surface area contributed by atoms with Crippen LogP contribution in [0.2, 0.25) is 0 Å². The lowest BCUT2D eigenvalue weighted by molar-refractivity contribution is 0.322. The molecule has 3 nitrogen and oxygen atoms in total. The Bertz CT molecular complexity index is 1110. The van der Waals surface area contributed by atoms with Crippen LogP contribution in [-0.2, 0) is 6.54 Å². The van der Waals surface area contributed by atoms with Crippen molar-refractivity contribution in [3.05, 3.63) is 71.4 Å². The number of aromatic nitrogens is 1. The first-order chi connectivity index (χ1) is 17.1. The minimum atomic E-state index is -0.788. The average molecular weight is 480 g/mol. The molecule has 1 aromatic heterocycles. The summed E-state index contributed by atoms with van der Waals surface area (Å²) in [6.45, 7) is 1.87. The molecule has 2 fully saturated rings. The summed E-state index contributed by atoms with van der Waals surface area (Å²) in [5.41, 5.74) is 9.39. The SMILES string of the molecule is N[C@H]1CC[C@H](NCCC(c2ccc(F)c(F)c2)c2cn(CC3CCCCC3)c3ccccc23)CC1. The van der Waals surface area contributed by atoms with Crippen molar-refractivity contribution in [1.82, 2.24) is 9.88 Å². The van der Waals surface area contributed by atoms with Crippen molar-refractivity contribution in [1.29, 1.82) is 0 Å². The van der Waals surface area contributed by atoms with Gasteiger partial charge < -0.3 is 15.6 Å². The fourth-order valence-corrected chi connectivity index (χ4v) is 6.34. The Morgan fingerprint density at radius 2 is 1.69 bits per heavy atom. The summed E-state index contributed by atoms with van der Waals surface area (Å²) in [6.07, 6.45) is 14.1. The molecule has 188 valence electrons. The van der Waals surface area contributed by atoms with Crippen LogP contribution in [0.1, 0.15) is 81.3 Å². The van der Waals surface area contributed by atoms with Crippen LogP contribution in [0.3, 0.4) is 0 Å². The lowest BCUT2D eigenvalue weighted by Crippen LogP contribution is -2.38. The van der Waals surface area contributed by atoms with Crippen LogP contribution in [-0.4, -0.2) is 23.2 Å². The third-order valence-corrected chi connectivity index (χ3v) is 8.36. The van der Waals surface area contributed by atoms with Gasteiger partial charge in [0.05, 0.1) is 0 Å². The van der Waals surface area contributed by atoms with E-state index in [1.165, 1.54) is 60.7 Å². The maximum atomic E-state index is 14.3. The molecular formula is C30H39F2N3. The second-order valence-corrected chi connectivity index (χ2v) is 10.8. The van der Waals surface area contributed by atoms with E-state index in [0.717, 1.165) is 50.8 Å². The van der Waals surface area contributed by atoms with Crippen LogP contribution < -0.4 is 11.1 Å². The van der Waals surface area contributed by atoms with E-state index in [4.69, 9.17) is 5.73 Å². The Hall–Kier alpha value is -2.24. The standard InChI is InChI=1S/C30H39F2N3/c31-28-15-10-22(18-29(28)32)25(16-17-34-24-13-11-23(33)12-14-24)27-20-35(19-21-6-2-1-3-7-21)30-9-5-4-8-26(27)30/h4-5,8-10,15,18,20-21,23-25,34H,1-3,6-7,11-14,16-17,19,33H2/t23-,24-,25?. The zero-order chi connectivity index (χ0) is 24.2. The fraction of sp³-hybridized carbons (Fsp3) is 0.533. The van der Waals surface area contributed by atoms with E-state index < -0.39 is 11.6 Å². The van der Waals surface area contributed by atoms with Gasteiger partial charge >= 0.3 is 0 Å². The third kappa shape index (κ3) is 5.78. The normalized spacial score (nSPS) is 22.5. The maximum absolute atomic E-state index is 14.3. The van der Waals surface area contributed by atoms with Crippen LogP contribution >= 0.6 is 0 Å². The molecule has 3 N–H and O–H groups in total. The highest BCUT2D eigenvalue weighted by Gasteiger charge is 2.24. The molecule has 2 aromatic carbocycles. The van der Waals surface area contributed by atoms with E-state index in [0.29, 0.717) is 18.0 Å². The minimum absolute atomic E-state index is 0.000883. The summed E-state index contributed by atoms with van der Waals surface area (Å²) in [5.74, 6) is -0.842. The maximum Gasteiger partial charge on any atom is 0.159 e. The van der Waals surface area contributed by atoms with Crippen LogP contribution in [0.25, 0.3) is 10.9 Å². The smallest absolute Gasteiger partial charge is 0.159 e. The molecule has 2 saturated carbocycles. The molecule has 0 amide bonds. The van der Waals surface area contributed by atoms with Gasteiger partial charge in [-0.3, -0.25) is 0 Å². The van der Waals surface area contributed by atoms with Crippen molar-refractivity contribution < 1.29 is 8.78 Å². The molecule has 2 aliphatic rings. The monoisotopic (exact) mass is 479 g/mol. The van der Waals surface area contributed by atoms with E-state index in [2.05, 4.69) is 40.3 Å². The van der Waals surface area contributed by atoms with E-state index >= 15 is 0 Å². The summed E-state index contributed by atoms with van der Waals surface area (Å²) in [4.78, 5) is 0. The summed E-state index contributed by atoms with van der Waals surface area (Å²) in [7, 11) is 0. The number of hydrogen-bond acceptors (Lipinski definition) is 2. The predicted octanol–water partition coefficient (Wildman–Crippen LogP) is 6.88. The molecule has 3 aromatic rings. The molecule has 1 atom stereocenters. The van der Waals surface area contributed by atoms with E-state index in [-0.39, 0.29) is 5.92 Å². The molecule has 0 bridgehead atoms. The van der Waals surface area contributed by atoms with Crippen molar-refractivity contribution in [2.45, 2.75) is 88.8 Å². The van der Waals surface area contributed by atoms with Gasteiger partial charge in [-0.1, -0.05) is 43.5 Å². The van der Waals surface area contributed by atoms with Crippen LogP contribution in [0.5, 0.6) is 0 Å². The summed E-state index contributed by atoms with van der Waals surface area (Å²) in [5, 5.41) is 4.95. The van der Waals surface area contributed by atoms with Crippen LogP contribution in [0.15, 0.2) is 48.7 Å². The van der Waals surface area contributed by atoms with Gasteiger partial charge in [0.2, 0.25) is 0 Å². The van der Waals surface area contributed by atoms with E-state index in [1.54, 1.807) is 6.07 Å². The molecule has 1 heterocycles. The minimum Gasteiger partial charge on any atom is -0.347 e. The second kappa shape index (κ2) is 11.2. The Kier molecular flexibility index (Phi) is 7.84. The quantitative estimate of drug-likeness (QED) is 0.370. The van der Waals surface area contributed by atoms with Crippen LogP contribution in [0.4, 0.5) is 8.78 Å². The van der Waals surface area contributed by atoms with Crippen molar-refractivity contribution in [3.63, 3.8) is 0 Å². The number of nitrogens with one attached hydrogen (secondary N) is 1. The average Bonchev–Trinajstić information content (AvgIpc) is 3.23. The molecule has 5 rings (SSSR count). The summed E-state index contributed by atoms with van der Waals surface area (Å²) >= 11 is 0. The van der Waals surface area contributed by atoms with Gasteiger partial charge in [0.15, 0.2) is 11.6 Å². The Morgan fingerprint density at radius 3 is 2.46 bits per heavy atom. The number of nitrogens with zero attached hydrogens (tertiary/aromatic N) is 1. The van der Waals surface area contributed by atoms with Crippen molar-refractivity contribution in [3.8, 4) is 0 Å². The number of nitrogens with two attached hydrogens (primary N) is 1. The molecule has 2 aliphatic carbocycles. The first kappa shape index (κ1) is 24.5. The van der Waals surface area contributed by atoms with Crippen molar-refractivity contribution in [2.75, 3.05) is 6.54 Å². The van der Waals surface area contributed by atoms with Crippen molar-refractivity contribution >= 4 is 10.9 Å². The molecule has 1 unspecified atom stereocenters. The third-order valence-electron chi connectivity index (χ3n) is 8.36. The number of halogens is 2. The van der Waals surface area contributed by atoms with Gasteiger partial charge in [-0.2, -0.15) is 0 Å². The highest BCUT2D eigenvalue weighted by atomic mass is 19.2. The predicted molar refractivity (Wildman–Crippen MR) is 140 cm³/mol. The molecule has 35 heavy (non-hydrogen) atoms. The second-order valence-electron chi connectivity index (χ2n) is 10.8. The highest BCUT2D eigenvalue weighted by Crippen LogP contribution is 2.36. The van der Waals surface area contributed by atoms with E-state index in [9.17, 15) is 8.78 Å². The molecular weight excluding hydrogens is 440 g/mol. The Balaban J connectivity index is 1.43. The van der Waals surface area contributed by atoms with Gasteiger partial charge in [-0.05, 0) is 86.7 Å². The highest BCUT2D eigenvalue weighted by molar-refractivity contribution is 5.85. The molecule has 0 radical (unpaired) electrons. The van der Waals surface area contributed by atoms with Gasteiger partial charge in [-0.25, -0.2) is 8.78 Å². The number of hydrogen-bond donors (Lipinski definition) is 2. The number of para-hydroxylation sites is 1. The first-order valence-corrected chi connectivity index (χ1v) is 13.6. The molecule has 0 spiro atoms. The van der Waals surface area contributed by atoms with Gasteiger partial charge in [0.1, 0.15) is 0 Å². The molecule has 0 saturated heterocycles. The lowest BCUT2D eigenvalue weighted by atomic mass is 9.87. The van der Waals surface area contributed by atoms with Crippen LogP contribution in [0, 0.1) is 17.6 Å². The Labute approximate surface area is 208 Å². The van der Waals surface area contributed by atoms with Gasteiger partial charge in [-0.15, -0.1) is 0 Å². The Morgan fingerprint density at radius 1 is 0.914 bits per heavy atom. The van der Waals surface area contributed by atoms with Gasteiger partial charge in [0, 0.05) is 41.6 Å². The number of benzene rings is 2. The largest absolute Gasteiger partial charge is 0.347 e. The molecule has 5 heteroatoms. The molecule has 0 aliphatic heterocycles. The number of fused-ring (bicyclic) bond motifs is 1. The summed E-state index contributed by atoms with van der Waals surface area (Å²) in [6, 6.07) is 13.8. The summed E-state index contributed by atoms with van der Waals surface area (Å²) < 4.78 is 30.6. The fourth-order valence-electron chi connectivity index (χ4n) is 6.34. The zero-order valence-electron chi connectivity index (χ0n) is 20.7. The zero-order valence-corrected chi connectivity index (χ0v) is 20.7. The lowest BCUT2D eigenvalue weighted by Gasteiger charge is -2.28. The van der Waals surface area contributed by atoms with Gasteiger partial charge in [0.25, 0.3) is 0 Å².